The van der Waals surface area contributed by atoms with Crippen molar-refractivity contribution in [2.24, 2.45) is 0 Å². The van der Waals surface area contributed by atoms with Crippen molar-refractivity contribution in [1.82, 2.24) is 29.4 Å². The van der Waals surface area contributed by atoms with Crippen LogP contribution in [0.5, 0.6) is 5.75 Å². The third-order valence-electron chi connectivity index (χ3n) is 5.89. The number of fused-ring (bicyclic) bond motifs is 3. The molecule has 0 saturated heterocycles. The number of ether oxygens (including phenoxy) is 1. The van der Waals surface area contributed by atoms with Gasteiger partial charge in [-0.25, -0.2) is 22.9 Å². The van der Waals surface area contributed by atoms with Crippen molar-refractivity contribution in [1.29, 1.82) is 0 Å². The van der Waals surface area contributed by atoms with Crippen LogP contribution in [0.15, 0.2) is 23.6 Å². The highest BCUT2D eigenvalue weighted by Crippen LogP contribution is 2.39. The third-order valence-corrected chi connectivity index (χ3v) is 8.55. The van der Waals surface area contributed by atoms with E-state index < -0.39 is 16.1 Å². The number of aromatic nitrogens is 4. The first-order valence-corrected chi connectivity index (χ1v) is 15.6. The van der Waals surface area contributed by atoms with Gasteiger partial charge in [-0.05, 0) is 25.1 Å². The molecule has 1 N–H and O–H groups in total. The zero-order chi connectivity index (χ0) is 28.1. The van der Waals surface area contributed by atoms with E-state index in [1.807, 2.05) is 6.92 Å². The molecule has 0 saturated carbocycles. The van der Waals surface area contributed by atoms with Crippen LogP contribution in [0.25, 0.3) is 4.96 Å². The number of carbonyl (C=O) groups is 2. The minimum atomic E-state index is -3.53. The number of nitrogens with zero attached hydrogens (tertiary/aromatic N) is 6. The summed E-state index contributed by atoms with van der Waals surface area (Å²) in [7, 11) is -0.152. The lowest BCUT2D eigenvalue weighted by Crippen LogP contribution is -2.43. The summed E-state index contributed by atoms with van der Waals surface area (Å²) in [4.78, 5) is 39.7. The molecule has 1 atom stereocenters. The molecular weight excluding hydrogens is 586 g/mol. The Morgan fingerprint density at radius 3 is 2.74 bits per heavy atom. The summed E-state index contributed by atoms with van der Waals surface area (Å²) in [6, 6.07) is 4.12. The van der Waals surface area contributed by atoms with Crippen molar-refractivity contribution in [2.75, 3.05) is 38.2 Å². The number of anilines is 1. The second kappa shape index (κ2) is 10.4. The van der Waals surface area contributed by atoms with Crippen molar-refractivity contribution in [3.8, 4) is 5.75 Å². The van der Waals surface area contributed by atoms with Crippen LogP contribution < -0.4 is 9.46 Å². The minimum Gasteiger partial charge on any atom is -0.481 e. The molecule has 2 amide bonds. The number of amides is 2. The summed E-state index contributed by atoms with van der Waals surface area (Å²) < 4.78 is 32.6. The minimum absolute atomic E-state index is 0.0360. The molecule has 4 aromatic heterocycles. The number of pyridine rings is 1. The number of halogens is 1. The maximum Gasteiger partial charge on any atom is 0.261 e. The van der Waals surface area contributed by atoms with Crippen molar-refractivity contribution in [3.63, 3.8) is 0 Å². The van der Waals surface area contributed by atoms with Crippen LogP contribution in [0.1, 0.15) is 37.7 Å². The summed E-state index contributed by atoms with van der Waals surface area (Å²) in [6.45, 7) is 1.95. The summed E-state index contributed by atoms with van der Waals surface area (Å²) >= 11 is 9.05. The summed E-state index contributed by atoms with van der Waals surface area (Å²) in [5.41, 5.74) is 2.18. The van der Waals surface area contributed by atoms with E-state index in [4.69, 9.17) is 21.3 Å². The van der Waals surface area contributed by atoms with Crippen molar-refractivity contribution < 1.29 is 22.7 Å². The van der Waals surface area contributed by atoms with E-state index in [2.05, 4.69) is 14.8 Å². The first-order chi connectivity index (χ1) is 18.4. The van der Waals surface area contributed by atoms with Crippen LogP contribution in [-0.2, 0) is 21.2 Å². The molecule has 0 bridgehead atoms. The largest absolute Gasteiger partial charge is 0.481 e. The van der Waals surface area contributed by atoms with Gasteiger partial charge in [0.15, 0.2) is 17.5 Å². The number of hydrogen-bond acceptors (Lipinski definition) is 10. The molecule has 206 valence electrons. The normalized spacial score (nSPS) is 15.3. The van der Waals surface area contributed by atoms with Gasteiger partial charge in [0.05, 0.1) is 23.2 Å². The topological polar surface area (TPSA) is 139 Å². The van der Waals surface area contributed by atoms with Gasteiger partial charge in [0, 0.05) is 37.3 Å². The Morgan fingerprint density at radius 2 is 2.05 bits per heavy atom. The van der Waals surface area contributed by atoms with E-state index in [-0.39, 0.29) is 35.1 Å². The van der Waals surface area contributed by atoms with Crippen LogP contribution in [0, 0.1) is 6.92 Å². The Morgan fingerprint density at radius 1 is 1.28 bits per heavy atom. The average molecular weight is 610 g/mol. The standard InChI is InChI=1S/C23H24ClN7O5S3/c1-12-27-31-19-14(25-23(31)38-12)7-8-30(20(19)16-9-13(11-37-16)22(33)29(2)3)18(32)10-36-15-5-6-17(26-21(15)24)28-39(4,34)35/h5-6,9,11,20H,7-8,10H2,1-4H3,(H,26,28). The first-order valence-electron chi connectivity index (χ1n) is 11.6. The molecule has 0 aromatic carbocycles. The third kappa shape index (κ3) is 5.57. The van der Waals surface area contributed by atoms with Gasteiger partial charge in [0.25, 0.3) is 11.8 Å². The van der Waals surface area contributed by atoms with Gasteiger partial charge in [-0.2, -0.15) is 5.10 Å². The van der Waals surface area contributed by atoms with E-state index in [1.165, 1.54) is 39.7 Å². The maximum absolute atomic E-state index is 13.6. The van der Waals surface area contributed by atoms with Crippen molar-refractivity contribution >= 4 is 66.9 Å². The lowest BCUT2D eigenvalue weighted by molar-refractivity contribution is -0.135. The number of hydrogen-bond donors (Lipinski definition) is 1. The number of rotatable bonds is 7. The molecule has 0 spiro atoms. The smallest absolute Gasteiger partial charge is 0.261 e. The molecule has 39 heavy (non-hydrogen) atoms. The molecule has 5 rings (SSSR count). The lowest BCUT2D eigenvalue weighted by Gasteiger charge is -2.34. The Balaban J connectivity index is 1.44. The zero-order valence-electron chi connectivity index (χ0n) is 21.3. The molecule has 0 fully saturated rings. The number of aryl methyl sites for hydroxylation is 1. The van der Waals surface area contributed by atoms with Gasteiger partial charge < -0.3 is 14.5 Å². The molecule has 1 aliphatic rings. The van der Waals surface area contributed by atoms with E-state index in [9.17, 15) is 18.0 Å². The lowest BCUT2D eigenvalue weighted by atomic mass is 10.0. The van der Waals surface area contributed by atoms with Gasteiger partial charge in [0.1, 0.15) is 16.9 Å². The van der Waals surface area contributed by atoms with Gasteiger partial charge in [-0.3, -0.25) is 14.3 Å². The molecule has 0 aliphatic carbocycles. The second-order valence-electron chi connectivity index (χ2n) is 9.08. The van der Waals surface area contributed by atoms with E-state index in [0.717, 1.165) is 32.5 Å². The number of imidazole rings is 1. The Kier molecular flexibility index (Phi) is 7.26. The first kappa shape index (κ1) is 27.3. The average Bonchev–Trinajstić information content (AvgIpc) is 3.55. The van der Waals surface area contributed by atoms with Crippen LogP contribution in [-0.4, -0.2) is 83.1 Å². The van der Waals surface area contributed by atoms with Crippen LogP contribution in [0.4, 0.5) is 5.82 Å². The van der Waals surface area contributed by atoms with Crippen LogP contribution in [0.2, 0.25) is 5.15 Å². The second-order valence-corrected chi connectivity index (χ2v) is 13.3. The number of carbonyl (C=O) groups excluding carboxylic acids is 2. The summed E-state index contributed by atoms with van der Waals surface area (Å²) in [6.07, 6.45) is 1.54. The SMILES string of the molecule is Cc1nn2c3c(nc2s1)CCN(C(=O)COc1ccc(NS(C)(=O)=O)nc1Cl)C3c1cc(C(=O)N(C)C)cs1. The summed E-state index contributed by atoms with van der Waals surface area (Å²) in [5, 5.41) is 7.16. The zero-order valence-corrected chi connectivity index (χ0v) is 24.5. The Bertz CT molecular complexity index is 1690. The number of nitrogens with one attached hydrogen (secondary N) is 1. The fourth-order valence-electron chi connectivity index (χ4n) is 4.28. The molecule has 12 nitrogen and oxygen atoms in total. The molecule has 16 heteroatoms. The summed E-state index contributed by atoms with van der Waals surface area (Å²) in [5.74, 6) is -0.270. The molecule has 1 aliphatic heterocycles. The van der Waals surface area contributed by atoms with Crippen LogP contribution in [0.3, 0.4) is 0 Å². The molecule has 0 radical (unpaired) electrons. The fraction of sp³-hybridized carbons (Fsp3) is 0.348. The van der Waals surface area contributed by atoms with Crippen molar-refractivity contribution in [3.05, 3.63) is 55.6 Å². The van der Waals surface area contributed by atoms with Gasteiger partial charge in [-0.15, -0.1) is 11.3 Å². The fourth-order valence-corrected chi connectivity index (χ4v) is 6.75. The van der Waals surface area contributed by atoms with E-state index >= 15 is 0 Å². The number of sulfonamides is 1. The highest BCUT2D eigenvalue weighted by Gasteiger charge is 2.38. The van der Waals surface area contributed by atoms with Gasteiger partial charge >= 0.3 is 0 Å². The quantitative estimate of drug-likeness (QED) is 0.316. The Hall–Kier alpha value is -3.27. The predicted octanol–water partition coefficient (Wildman–Crippen LogP) is 2.84. The highest BCUT2D eigenvalue weighted by molar-refractivity contribution is 7.92. The highest BCUT2D eigenvalue weighted by atomic mass is 35.5. The number of thiophene rings is 1. The van der Waals surface area contributed by atoms with Gasteiger partial charge in [0.2, 0.25) is 15.0 Å². The Labute approximate surface area is 237 Å². The molecule has 5 heterocycles. The van der Waals surface area contributed by atoms with E-state index in [0.29, 0.717) is 18.5 Å². The monoisotopic (exact) mass is 609 g/mol. The molecule has 4 aromatic rings. The predicted molar refractivity (Wildman–Crippen MR) is 148 cm³/mol. The maximum atomic E-state index is 13.6. The molecular formula is C23H24ClN7O5S3. The van der Waals surface area contributed by atoms with Crippen molar-refractivity contribution in [2.45, 2.75) is 19.4 Å². The molecule has 1 unspecified atom stereocenters. The van der Waals surface area contributed by atoms with E-state index in [1.54, 1.807) is 35.0 Å². The van der Waals surface area contributed by atoms with Gasteiger partial charge in [-0.1, -0.05) is 22.9 Å². The van der Waals surface area contributed by atoms with Crippen LogP contribution >= 0.6 is 34.3 Å².